The summed E-state index contributed by atoms with van der Waals surface area (Å²) in [5.41, 5.74) is 3.41. The Bertz CT molecular complexity index is 2340. The normalized spacial score (nSPS) is 14.3. The first-order valence-corrected chi connectivity index (χ1v) is 22.7. The monoisotopic (exact) mass is 947 g/mol. The second-order valence-electron chi connectivity index (χ2n) is 16.3. The molecule has 3 aromatic rings. The maximum absolute atomic E-state index is 13.4. The van der Waals surface area contributed by atoms with Gasteiger partial charge in [0.25, 0.3) is 0 Å². The lowest BCUT2D eigenvalue weighted by Crippen LogP contribution is -2.59. The van der Waals surface area contributed by atoms with Gasteiger partial charge < -0.3 is 52.1 Å². The first-order valence-electron chi connectivity index (χ1n) is 21.9. The number of thioether (sulfide) groups is 1. The van der Waals surface area contributed by atoms with E-state index in [1.54, 1.807) is 11.8 Å². The number of para-hydroxylation sites is 2. The van der Waals surface area contributed by atoms with Crippen molar-refractivity contribution in [3.63, 3.8) is 0 Å². The van der Waals surface area contributed by atoms with E-state index < -0.39 is 103 Å². The van der Waals surface area contributed by atoms with Gasteiger partial charge in [-0.15, -0.1) is 0 Å². The summed E-state index contributed by atoms with van der Waals surface area (Å²) in [6, 6.07) is 12.4. The van der Waals surface area contributed by atoms with Gasteiger partial charge in [0.1, 0.15) is 30.7 Å². The number of aromatic nitrogens is 1. The lowest BCUT2D eigenvalue weighted by atomic mass is 10.0. The number of unbranched alkanes of at least 4 members (excludes halogenated alkanes) is 2. The Kier molecular flexibility index (Phi) is 20.1. The van der Waals surface area contributed by atoms with Crippen LogP contribution in [0.5, 0.6) is 0 Å². The number of amides is 6. The third kappa shape index (κ3) is 16.4. The molecule has 6 amide bonds. The first kappa shape index (κ1) is 52.6. The van der Waals surface area contributed by atoms with E-state index in [2.05, 4.69) is 91.0 Å². The highest BCUT2D eigenvalue weighted by Crippen LogP contribution is 2.45. The summed E-state index contributed by atoms with van der Waals surface area (Å²) in [4.78, 5) is 115. The van der Waals surface area contributed by atoms with Gasteiger partial charge in [-0.2, -0.15) is 4.57 Å². The van der Waals surface area contributed by atoms with Gasteiger partial charge in [-0.3, -0.25) is 43.2 Å². The van der Waals surface area contributed by atoms with Crippen LogP contribution in [0.15, 0.2) is 70.7 Å². The van der Waals surface area contributed by atoms with Crippen LogP contribution in [0.2, 0.25) is 0 Å². The van der Waals surface area contributed by atoms with Crippen LogP contribution in [0, 0.1) is 5.92 Å². The minimum absolute atomic E-state index is 0.0203. The SMILES string of the molecule is CC(=O)N[C@@H](CC(=O)O)C(=O)N[C@@H](CCC(=O)O)C(=O)N[C@H](C(=O)NC(CC(=O)O)C(=O)NCCNC(=O)CCCCC[n+]1ccc(/C=C2\Sc3ccccc3N2C)c2ccccc21)C(C)C. The van der Waals surface area contributed by atoms with E-state index in [1.165, 1.54) is 24.4 Å². The molecule has 0 aliphatic carbocycles. The molecule has 67 heavy (non-hydrogen) atoms. The smallest absolute Gasteiger partial charge is 0.305 e. The van der Waals surface area contributed by atoms with Crippen LogP contribution in [-0.2, 0) is 49.7 Å². The number of carboxylic acids is 3. The Hall–Kier alpha value is -7.03. The number of aryl methyl sites for hydroxylation is 1. The average Bonchev–Trinajstić information content (AvgIpc) is 3.58. The predicted octanol–water partition coefficient (Wildman–Crippen LogP) is 1.89. The van der Waals surface area contributed by atoms with Crippen LogP contribution < -0.4 is 41.4 Å². The summed E-state index contributed by atoms with van der Waals surface area (Å²) in [6.07, 6.45) is 4.00. The van der Waals surface area contributed by atoms with E-state index in [0.717, 1.165) is 47.8 Å². The van der Waals surface area contributed by atoms with Crippen molar-refractivity contribution in [1.82, 2.24) is 31.9 Å². The minimum atomic E-state index is -1.61. The number of benzene rings is 2. The highest BCUT2D eigenvalue weighted by molar-refractivity contribution is 8.03. The standard InChI is InChI=1S/C46H58N8O12S/c1-27(2)42(52-44(64)31(17-18-39(57)58)50-45(65)33(26-41(61)62)49-28(3)55)46(66)51-32(25-40(59)60)43(63)48-21-20-47-37(56)16-6-5-11-22-54-23-19-29(30-12-7-8-13-34(30)54)24-38-53(4)35-14-9-10-15-36(35)67-38/h7-10,12-15,19,23-24,27,31-33,42H,5-6,11,16-18,20-22,25-26H2,1-4H3,(H8-,47,48,49,50,51,52,55,56,57,58,59,60,61,62,63,64,65,66)/p+1/t31-,32?,33-,42-/m0/s1. The largest absolute Gasteiger partial charge is 0.481 e. The number of carboxylic acid groups (broad SMARTS) is 3. The zero-order chi connectivity index (χ0) is 49.2. The molecule has 0 bridgehead atoms. The molecule has 1 aliphatic heterocycles. The van der Waals surface area contributed by atoms with E-state index in [9.17, 15) is 58.5 Å². The third-order valence-corrected chi connectivity index (χ3v) is 11.8. The average molecular weight is 948 g/mol. The molecule has 0 saturated carbocycles. The fourth-order valence-corrected chi connectivity index (χ4v) is 8.33. The second kappa shape index (κ2) is 25.6. The molecule has 9 N–H and O–H groups in total. The highest BCUT2D eigenvalue weighted by atomic mass is 32.2. The predicted molar refractivity (Wildman–Crippen MR) is 247 cm³/mol. The number of anilines is 1. The molecule has 20 nitrogen and oxygen atoms in total. The molecule has 360 valence electrons. The number of aliphatic carboxylic acids is 3. The maximum Gasteiger partial charge on any atom is 0.305 e. The molecule has 0 radical (unpaired) electrons. The number of nitrogens with one attached hydrogen (secondary N) is 6. The Morgan fingerprint density at radius 1 is 0.687 bits per heavy atom. The molecular weight excluding hydrogens is 889 g/mol. The van der Waals surface area contributed by atoms with E-state index >= 15 is 0 Å². The summed E-state index contributed by atoms with van der Waals surface area (Å²) in [6.45, 7) is 4.77. The molecule has 1 aliphatic rings. The maximum atomic E-state index is 13.4. The van der Waals surface area contributed by atoms with Crippen molar-refractivity contribution in [2.45, 2.75) is 108 Å². The van der Waals surface area contributed by atoms with Crippen molar-refractivity contribution < 1.29 is 63.0 Å². The van der Waals surface area contributed by atoms with Gasteiger partial charge in [-0.1, -0.05) is 49.9 Å². The highest BCUT2D eigenvalue weighted by Gasteiger charge is 2.34. The molecule has 2 aromatic carbocycles. The lowest BCUT2D eigenvalue weighted by Gasteiger charge is -2.27. The number of hydrogen-bond donors (Lipinski definition) is 9. The van der Waals surface area contributed by atoms with Crippen molar-refractivity contribution in [2.75, 3.05) is 25.0 Å². The number of nitrogens with zero attached hydrogens (tertiary/aromatic N) is 2. The fraction of sp³-hybridized carbons (Fsp3) is 0.435. The van der Waals surface area contributed by atoms with Gasteiger partial charge in [0.15, 0.2) is 6.20 Å². The van der Waals surface area contributed by atoms with Crippen molar-refractivity contribution in [3.05, 3.63) is 71.4 Å². The summed E-state index contributed by atoms with van der Waals surface area (Å²) in [5.74, 6) is -9.86. The second-order valence-corrected chi connectivity index (χ2v) is 17.3. The number of carbonyl (C=O) groups is 9. The summed E-state index contributed by atoms with van der Waals surface area (Å²) in [7, 11) is 2.07. The minimum Gasteiger partial charge on any atom is -0.481 e. The summed E-state index contributed by atoms with van der Waals surface area (Å²) in [5, 5.41) is 44.5. The number of hydrogen-bond acceptors (Lipinski definition) is 11. The van der Waals surface area contributed by atoms with Crippen molar-refractivity contribution in [2.24, 2.45) is 5.92 Å². The topological polar surface area (TPSA) is 294 Å². The molecule has 1 unspecified atom stereocenters. The Labute approximate surface area is 391 Å². The molecule has 0 spiro atoms. The molecular formula is C46H59N8O12S+. The molecule has 2 heterocycles. The summed E-state index contributed by atoms with van der Waals surface area (Å²) < 4.78 is 2.21. The van der Waals surface area contributed by atoms with Gasteiger partial charge in [0, 0.05) is 63.4 Å². The molecule has 0 saturated heterocycles. The van der Waals surface area contributed by atoms with E-state index in [0.29, 0.717) is 6.42 Å². The molecule has 21 heteroatoms. The quantitative estimate of drug-likeness (QED) is 0.0411. The van der Waals surface area contributed by atoms with Crippen LogP contribution in [0.4, 0.5) is 5.69 Å². The molecule has 4 atom stereocenters. The fourth-order valence-electron chi connectivity index (χ4n) is 7.23. The van der Waals surface area contributed by atoms with Gasteiger partial charge in [-0.05, 0) is 55.0 Å². The molecule has 0 fully saturated rings. The van der Waals surface area contributed by atoms with Crippen LogP contribution in [0.25, 0.3) is 17.0 Å². The van der Waals surface area contributed by atoms with Crippen molar-refractivity contribution >= 4 is 87.8 Å². The number of fused-ring (bicyclic) bond motifs is 2. The van der Waals surface area contributed by atoms with Crippen molar-refractivity contribution in [1.29, 1.82) is 0 Å². The van der Waals surface area contributed by atoms with Crippen molar-refractivity contribution in [3.8, 4) is 0 Å². The molecule has 1 aromatic heterocycles. The van der Waals surface area contributed by atoms with E-state index in [4.69, 9.17) is 0 Å². The summed E-state index contributed by atoms with van der Waals surface area (Å²) >= 11 is 1.74. The van der Waals surface area contributed by atoms with Crippen LogP contribution in [-0.4, -0.2) is 113 Å². The van der Waals surface area contributed by atoms with Gasteiger partial charge in [0.2, 0.25) is 41.0 Å². The Morgan fingerprint density at radius 2 is 1.31 bits per heavy atom. The van der Waals surface area contributed by atoms with Gasteiger partial charge in [-0.25, -0.2) is 0 Å². The van der Waals surface area contributed by atoms with E-state index in [1.807, 2.05) is 24.3 Å². The number of carbonyl (C=O) groups excluding carboxylic acids is 6. The van der Waals surface area contributed by atoms with E-state index in [-0.39, 0.29) is 25.4 Å². The zero-order valence-corrected chi connectivity index (χ0v) is 38.7. The number of pyridine rings is 1. The first-order chi connectivity index (χ1) is 31.8. The van der Waals surface area contributed by atoms with Gasteiger partial charge >= 0.3 is 17.9 Å². The van der Waals surface area contributed by atoms with Crippen LogP contribution >= 0.6 is 11.8 Å². The lowest BCUT2D eigenvalue weighted by molar-refractivity contribution is -0.671. The van der Waals surface area contributed by atoms with Crippen LogP contribution in [0.3, 0.4) is 0 Å². The third-order valence-electron chi connectivity index (χ3n) is 10.7. The number of rotatable bonds is 26. The molecule has 4 rings (SSSR count). The Morgan fingerprint density at radius 3 is 1.97 bits per heavy atom. The van der Waals surface area contributed by atoms with Crippen LogP contribution in [0.1, 0.15) is 77.7 Å². The van der Waals surface area contributed by atoms with Gasteiger partial charge in [0.05, 0.1) is 28.9 Å². The Balaban J connectivity index is 1.24. The zero-order valence-electron chi connectivity index (χ0n) is 37.8.